The number of carbonyl (C=O) groups excluding carboxylic acids is 1. The van der Waals surface area contributed by atoms with Crippen LogP contribution in [-0.2, 0) is 4.74 Å². The molecule has 0 aliphatic heterocycles. The quantitative estimate of drug-likeness (QED) is 0.320. The third-order valence-corrected chi connectivity index (χ3v) is 3.69. The molecule has 1 aromatic rings. The van der Waals surface area contributed by atoms with Gasteiger partial charge in [0.15, 0.2) is 5.96 Å². The number of ether oxygens (including phenoxy) is 1. The van der Waals surface area contributed by atoms with E-state index in [9.17, 15) is 4.79 Å². The van der Waals surface area contributed by atoms with Crippen molar-refractivity contribution < 1.29 is 9.53 Å². The van der Waals surface area contributed by atoms with Crippen molar-refractivity contribution in [2.24, 2.45) is 4.99 Å². The van der Waals surface area contributed by atoms with Crippen LogP contribution in [0.4, 0.5) is 0 Å². The number of nitrogens with one attached hydrogen (secondary N) is 3. The molecule has 0 saturated carbocycles. The zero-order chi connectivity index (χ0) is 17.6. The van der Waals surface area contributed by atoms with Crippen LogP contribution in [0.5, 0.6) is 0 Å². The molecule has 0 heterocycles. The summed E-state index contributed by atoms with van der Waals surface area (Å²) >= 11 is 3.36. The first-order valence-corrected chi connectivity index (χ1v) is 9.01. The highest BCUT2D eigenvalue weighted by atomic mass is 79.9. The number of nitrogens with zero attached hydrogens (tertiary/aromatic N) is 1. The van der Waals surface area contributed by atoms with Gasteiger partial charge in [0.1, 0.15) is 0 Å². The lowest BCUT2D eigenvalue weighted by Crippen LogP contribution is -2.38. The van der Waals surface area contributed by atoms with Gasteiger partial charge in [0.05, 0.1) is 0 Å². The number of amides is 1. The fraction of sp³-hybridized carbons (Fsp3) is 0.529. The predicted molar refractivity (Wildman–Crippen MR) is 102 cm³/mol. The van der Waals surface area contributed by atoms with Gasteiger partial charge in [-0.2, -0.15) is 0 Å². The van der Waals surface area contributed by atoms with Gasteiger partial charge in [-0.05, 0) is 44.0 Å². The molecule has 6 nitrogen and oxygen atoms in total. The van der Waals surface area contributed by atoms with E-state index in [1.807, 2.05) is 19.1 Å². The first-order valence-electron chi connectivity index (χ1n) is 8.22. The van der Waals surface area contributed by atoms with Crippen LogP contribution in [0, 0.1) is 0 Å². The highest BCUT2D eigenvalue weighted by molar-refractivity contribution is 9.10. The Labute approximate surface area is 152 Å². The van der Waals surface area contributed by atoms with Crippen molar-refractivity contribution in [3.63, 3.8) is 0 Å². The van der Waals surface area contributed by atoms with E-state index in [4.69, 9.17) is 4.74 Å². The highest BCUT2D eigenvalue weighted by Gasteiger charge is 2.03. The predicted octanol–water partition coefficient (Wildman–Crippen LogP) is 2.16. The molecular formula is C17H27BrN4O2. The molecule has 0 saturated heterocycles. The summed E-state index contributed by atoms with van der Waals surface area (Å²) in [6.45, 7) is 5.65. The summed E-state index contributed by atoms with van der Waals surface area (Å²) in [5.74, 6) is 0.740. The Hall–Kier alpha value is -1.60. The van der Waals surface area contributed by atoms with Crippen LogP contribution in [0.15, 0.2) is 33.7 Å². The molecule has 0 bridgehead atoms. The molecule has 0 aromatic heterocycles. The fourth-order valence-electron chi connectivity index (χ4n) is 1.94. The molecule has 134 valence electrons. The minimum Gasteiger partial charge on any atom is -0.385 e. The molecule has 0 aliphatic carbocycles. The van der Waals surface area contributed by atoms with Gasteiger partial charge < -0.3 is 20.7 Å². The Morgan fingerprint density at radius 2 is 1.83 bits per heavy atom. The Morgan fingerprint density at radius 3 is 2.50 bits per heavy atom. The Bertz CT molecular complexity index is 506. The maximum absolute atomic E-state index is 12.0. The fourth-order valence-corrected chi connectivity index (χ4v) is 2.20. The number of rotatable bonds is 10. The maximum atomic E-state index is 12.0. The van der Waals surface area contributed by atoms with E-state index < -0.39 is 0 Å². The number of methoxy groups -OCH3 is 1. The number of halogens is 1. The van der Waals surface area contributed by atoms with Crippen LogP contribution < -0.4 is 16.0 Å². The van der Waals surface area contributed by atoms with Crippen molar-refractivity contribution in [2.75, 3.05) is 39.9 Å². The lowest BCUT2D eigenvalue weighted by atomic mass is 10.2. The average molecular weight is 399 g/mol. The van der Waals surface area contributed by atoms with Crippen molar-refractivity contribution in [3.8, 4) is 0 Å². The zero-order valence-electron chi connectivity index (χ0n) is 14.4. The summed E-state index contributed by atoms with van der Waals surface area (Å²) in [5, 5.41) is 9.35. The molecule has 24 heavy (non-hydrogen) atoms. The van der Waals surface area contributed by atoms with Crippen molar-refractivity contribution >= 4 is 27.8 Å². The lowest BCUT2D eigenvalue weighted by molar-refractivity contribution is 0.0953. The molecule has 0 atom stereocenters. The van der Waals surface area contributed by atoms with Gasteiger partial charge in [-0.3, -0.25) is 9.79 Å². The van der Waals surface area contributed by atoms with E-state index in [-0.39, 0.29) is 5.91 Å². The second kappa shape index (κ2) is 12.8. The molecular weight excluding hydrogens is 372 g/mol. The molecule has 3 N–H and O–H groups in total. The summed E-state index contributed by atoms with van der Waals surface area (Å²) in [7, 11) is 1.70. The molecule has 1 aromatic carbocycles. The van der Waals surface area contributed by atoms with Gasteiger partial charge in [-0.25, -0.2) is 0 Å². The monoisotopic (exact) mass is 398 g/mol. The van der Waals surface area contributed by atoms with Crippen molar-refractivity contribution in [3.05, 3.63) is 34.3 Å². The summed E-state index contributed by atoms with van der Waals surface area (Å²) in [6.07, 6.45) is 1.72. The van der Waals surface area contributed by atoms with E-state index in [0.717, 1.165) is 43.0 Å². The van der Waals surface area contributed by atoms with Crippen LogP contribution in [0.2, 0.25) is 0 Å². The lowest BCUT2D eigenvalue weighted by Gasteiger charge is -2.11. The van der Waals surface area contributed by atoms with Crippen LogP contribution in [-0.4, -0.2) is 51.8 Å². The Morgan fingerprint density at radius 1 is 1.12 bits per heavy atom. The number of hydrogen-bond donors (Lipinski definition) is 3. The Balaban J connectivity index is 2.25. The van der Waals surface area contributed by atoms with Crippen LogP contribution in [0.25, 0.3) is 0 Å². The number of benzene rings is 1. The molecule has 0 spiro atoms. The summed E-state index contributed by atoms with van der Waals surface area (Å²) < 4.78 is 5.98. The first kappa shape index (κ1) is 20.4. The second-order valence-electron chi connectivity index (χ2n) is 5.15. The molecule has 0 fully saturated rings. The number of aliphatic imine (C=N–C) groups is 1. The topological polar surface area (TPSA) is 74.8 Å². The number of hydrogen-bond acceptors (Lipinski definition) is 3. The van der Waals surface area contributed by atoms with Gasteiger partial charge in [-0.1, -0.05) is 15.9 Å². The highest BCUT2D eigenvalue weighted by Crippen LogP contribution is 2.10. The summed E-state index contributed by atoms with van der Waals surface area (Å²) in [5.41, 5.74) is 0.662. The Kier molecular flexibility index (Phi) is 10.9. The third kappa shape index (κ3) is 8.88. The smallest absolute Gasteiger partial charge is 0.251 e. The van der Waals surface area contributed by atoms with Crippen LogP contribution in [0.3, 0.4) is 0 Å². The summed E-state index contributed by atoms with van der Waals surface area (Å²) in [6, 6.07) is 7.31. The number of guanidine groups is 1. The van der Waals surface area contributed by atoms with Crippen LogP contribution in [0.1, 0.15) is 30.1 Å². The maximum Gasteiger partial charge on any atom is 0.251 e. The first-order chi connectivity index (χ1) is 11.7. The average Bonchev–Trinajstić information content (AvgIpc) is 2.58. The van der Waals surface area contributed by atoms with Gasteiger partial charge >= 0.3 is 0 Å². The van der Waals surface area contributed by atoms with E-state index >= 15 is 0 Å². The minimum absolute atomic E-state index is 0.0592. The van der Waals surface area contributed by atoms with Crippen molar-refractivity contribution in [2.45, 2.75) is 19.8 Å². The van der Waals surface area contributed by atoms with E-state index in [0.29, 0.717) is 18.7 Å². The standard InChI is InChI=1S/C17H27BrN4O2/c1-3-19-17(22-12-5-13-24-2)21-11-4-10-20-16(23)14-6-8-15(18)9-7-14/h6-9H,3-5,10-13H2,1-2H3,(H,20,23)(H2,19,21,22). The second-order valence-corrected chi connectivity index (χ2v) is 6.07. The molecule has 0 unspecified atom stereocenters. The SMILES string of the molecule is CCNC(=NCCCNC(=O)c1ccc(Br)cc1)NCCCOC. The van der Waals surface area contributed by atoms with Gasteiger partial charge in [0.25, 0.3) is 5.91 Å². The van der Waals surface area contributed by atoms with E-state index in [1.54, 1.807) is 19.2 Å². The molecule has 0 radical (unpaired) electrons. The minimum atomic E-state index is -0.0592. The molecule has 7 heteroatoms. The van der Waals surface area contributed by atoms with Crippen molar-refractivity contribution in [1.29, 1.82) is 0 Å². The normalized spacial score (nSPS) is 11.2. The van der Waals surface area contributed by atoms with Gasteiger partial charge in [-0.15, -0.1) is 0 Å². The molecule has 1 amide bonds. The van der Waals surface area contributed by atoms with Gasteiger partial charge in [0, 0.05) is 49.9 Å². The van der Waals surface area contributed by atoms with Crippen LogP contribution >= 0.6 is 15.9 Å². The molecule has 1 rings (SSSR count). The van der Waals surface area contributed by atoms with E-state index in [1.165, 1.54) is 0 Å². The number of carbonyl (C=O) groups is 1. The van der Waals surface area contributed by atoms with Crippen molar-refractivity contribution in [1.82, 2.24) is 16.0 Å². The third-order valence-electron chi connectivity index (χ3n) is 3.16. The summed E-state index contributed by atoms with van der Waals surface area (Å²) in [4.78, 5) is 16.4. The van der Waals surface area contributed by atoms with E-state index in [2.05, 4.69) is 36.9 Å². The van der Waals surface area contributed by atoms with Gasteiger partial charge in [0.2, 0.25) is 0 Å². The molecule has 0 aliphatic rings. The largest absolute Gasteiger partial charge is 0.385 e. The zero-order valence-corrected chi connectivity index (χ0v) is 16.0.